The van der Waals surface area contributed by atoms with Crippen molar-refractivity contribution in [3.05, 3.63) is 40.9 Å². The number of imidazole rings is 1. The Balaban J connectivity index is 2.40. The Morgan fingerprint density at radius 3 is 3.14 bits per heavy atom. The van der Waals surface area contributed by atoms with Crippen LogP contribution in [0.5, 0.6) is 0 Å². The molecule has 0 saturated heterocycles. The highest BCUT2D eigenvalue weighted by Gasteiger charge is 2.18. The first-order valence-electron chi connectivity index (χ1n) is 3.75. The highest BCUT2D eigenvalue weighted by atomic mass is 16.6. The number of hydrogen-bond donors (Lipinski definition) is 1. The molecule has 0 spiro atoms. The lowest BCUT2D eigenvalue weighted by molar-refractivity contribution is -0.395. The molecule has 7 heteroatoms. The van der Waals surface area contributed by atoms with Gasteiger partial charge < -0.3 is 15.0 Å². The minimum atomic E-state index is -0.569. The van der Waals surface area contributed by atoms with E-state index < -0.39 is 4.92 Å². The SMILES string of the molecule is O=[N+]([O-])c1nccn1C1=CC=CON1. The number of hydrogen-bond acceptors (Lipinski definition) is 5. The van der Waals surface area contributed by atoms with E-state index in [0.717, 1.165) is 0 Å². The molecule has 2 heterocycles. The smallest absolute Gasteiger partial charge is 0.390 e. The average Bonchev–Trinajstić information content (AvgIpc) is 2.67. The van der Waals surface area contributed by atoms with Crippen LogP contribution in [-0.4, -0.2) is 14.5 Å². The summed E-state index contributed by atoms with van der Waals surface area (Å²) in [6.45, 7) is 0. The van der Waals surface area contributed by atoms with Crippen LogP contribution >= 0.6 is 0 Å². The van der Waals surface area contributed by atoms with Crippen molar-refractivity contribution < 1.29 is 9.76 Å². The zero-order chi connectivity index (χ0) is 9.97. The molecule has 0 atom stereocenters. The van der Waals surface area contributed by atoms with Gasteiger partial charge in [0.25, 0.3) is 0 Å². The molecule has 0 aliphatic carbocycles. The molecule has 0 saturated carbocycles. The van der Waals surface area contributed by atoms with Gasteiger partial charge in [-0.15, -0.1) is 0 Å². The van der Waals surface area contributed by atoms with Crippen LogP contribution < -0.4 is 5.48 Å². The summed E-state index contributed by atoms with van der Waals surface area (Å²) in [5.74, 6) is 0.180. The van der Waals surface area contributed by atoms with Gasteiger partial charge in [-0.3, -0.25) is 0 Å². The standard InChI is InChI=1S/C7H6N4O3/c12-11(13)7-8-3-4-10(7)6-2-1-5-14-9-6/h1-5,9H. The quantitative estimate of drug-likeness (QED) is 0.551. The van der Waals surface area contributed by atoms with E-state index in [2.05, 4.69) is 10.5 Å². The zero-order valence-corrected chi connectivity index (χ0v) is 6.95. The first-order valence-corrected chi connectivity index (χ1v) is 3.75. The zero-order valence-electron chi connectivity index (χ0n) is 6.95. The second kappa shape index (κ2) is 3.21. The van der Waals surface area contributed by atoms with Gasteiger partial charge in [-0.1, -0.05) is 4.98 Å². The van der Waals surface area contributed by atoms with Crippen LogP contribution in [0.4, 0.5) is 5.95 Å². The molecule has 7 nitrogen and oxygen atoms in total. The number of aromatic nitrogens is 2. The van der Waals surface area contributed by atoms with Gasteiger partial charge in [-0.25, -0.2) is 0 Å². The molecular weight excluding hydrogens is 188 g/mol. The normalized spacial score (nSPS) is 14.1. The summed E-state index contributed by atoms with van der Waals surface area (Å²) in [7, 11) is 0. The molecule has 0 fully saturated rings. The Bertz CT molecular complexity index is 420. The van der Waals surface area contributed by atoms with Gasteiger partial charge in [0.1, 0.15) is 18.7 Å². The Kier molecular flexibility index (Phi) is 1.90. The number of nitrogens with zero attached hydrogens (tertiary/aromatic N) is 3. The van der Waals surface area contributed by atoms with E-state index in [0.29, 0.717) is 5.82 Å². The third-order valence-corrected chi connectivity index (χ3v) is 1.61. The summed E-state index contributed by atoms with van der Waals surface area (Å²) in [5, 5.41) is 10.5. The number of nitro groups is 1. The predicted octanol–water partition coefficient (Wildman–Crippen LogP) is 0.638. The van der Waals surface area contributed by atoms with E-state index in [1.807, 2.05) is 0 Å². The summed E-state index contributed by atoms with van der Waals surface area (Å²) in [6.07, 6.45) is 7.50. The van der Waals surface area contributed by atoms with E-state index in [1.165, 1.54) is 23.2 Å². The lowest BCUT2D eigenvalue weighted by atomic mass is 10.5. The molecule has 0 amide bonds. The molecule has 72 valence electrons. The van der Waals surface area contributed by atoms with E-state index in [1.54, 1.807) is 12.2 Å². The molecular formula is C7H6N4O3. The predicted molar refractivity (Wildman–Crippen MR) is 46.5 cm³/mol. The van der Waals surface area contributed by atoms with E-state index in [4.69, 9.17) is 4.84 Å². The van der Waals surface area contributed by atoms with Gasteiger partial charge >= 0.3 is 5.95 Å². The molecule has 1 aromatic heterocycles. The largest absolute Gasteiger partial charge is 0.440 e. The molecule has 1 aromatic rings. The van der Waals surface area contributed by atoms with Gasteiger partial charge in [-0.05, 0) is 11.0 Å². The Morgan fingerprint density at radius 2 is 2.50 bits per heavy atom. The van der Waals surface area contributed by atoms with Crippen molar-refractivity contribution in [2.24, 2.45) is 0 Å². The fourth-order valence-electron chi connectivity index (χ4n) is 1.05. The minimum Gasteiger partial charge on any atom is -0.390 e. The molecule has 0 unspecified atom stereocenters. The maximum Gasteiger partial charge on any atom is 0.440 e. The summed E-state index contributed by atoms with van der Waals surface area (Å²) < 4.78 is 1.28. The first kappa shape index (κ1) is 8.30. The minimum absolute atomic E-state index is 0.261. The Labute approximate surface area is 78.4 Å². The maximum atomic E-state index is 10.5. The van der Waals surface area contributed by atoms with Crippen molar-refractivity contribution in [2.75, 3.05) is 0 Å². The third-order valence-electron chi connectivity index (χ3n) is 1.61. The molecule has 2 rings (SSSR count). The van der Waals surface area contributed by atoms with E-state index in [-0.39, 0.29) is 5.95 Å². The second-order valence-electron chi connectivity index (χ2n) is 2.45. The van der Waals surface area contributed by atoms with Crippen molar-refractivity contribution in [2.45, 2.75) is 0 Å². The fraction of sp³-hybridized carbons (Fsp3) is 0. The molecule has 14 heavy (non-hydrogen) atoms. The van der Waals surface area contributed by atoms with Crippen LogP contribution in [0.15, 0.2) is 30.8 Å². The number of rotatable bonds is 2. The van der Waals surface area contributed by atoms with Crippen LogP contribution in [0.3, 0.4) is 0 Å². The number of hydroxylamine groups is 1. The fourth-order valence-corrected chi connectivity index (χ4v) is 1.05. The van der Waals surface area contributed by atoms with E-state index in [9.17, 15) is 10.1 Å². The van der Waals surface area contributed by atoms with Crippen LogP contribution in [0.25, 0.3) is 5.82 Å². The second-order valence-corrected chi connectivity index (χ2v) is 2.45. The van der Waals surface area contributed by atoms with E-state index >= 15 is 0 Å². The van der Waals surface area contributed by atoms with Crippen molar-refractivity contribution in [3.8, 4) is 0 Å². The molecule has 0 radical (unpaired) electrons. The molecule has 0 aromatic carbocycles. The average molecular weight is 194 g/mol. The summed E-state index contributed by atoms with van der Waals surface area (Å²) in [4.78, 5) is 18.3. The van der Waals surface area contributed by atoms with Crippen molar-refractivity contribution >= 4 is 11.8 Å². The van der Waals surface area contributed by atoms with Crippen LogP contribution in [-0.2, 0) is 4.84 Å². The topological polar surface area (TPSA) is 82.2 Å². The lowest BCUT2D eigenvalue weighted by Gasteiger charge is -2.09. The van der Waals surface area contributed by atoms with Crippen molar-refractivity contribution in [1.29, 1.82) is 0 Å². The first-order chi connectivity index (χ1) is 6.79. The third kappa shape index (κ3) is 1.30. The maximum absolute atomic E-state index is 10.5. The highest BCUT2D eigenvalue weighted by molar-refractivity contribution is 5.49. The van der Waals surface area contributed by atoms with Gasteiger partial charge in [0.2, 0.25) is 5.82 Å². The Morgan fingerprint density at radius 1 is 1.64 bits per heavy atom. The Hall–Kier alpha value is -2.31. The number of nitrogens with one attached hydrogen (secondary N) is 1. The van der Waals surface area contributed by atoms with Crippen LogP contribution in [0, 0.1) is 10.1 Å². The monoisotopic (exact) mass is 194 g/mol. The van der Waals surface area contributed by atoms with Crippen LogP contribution in [0.2, 0.25) is 0 Å². The van der Waals surface area contributed by atoms with Crippen molar-refractivity contribution in [1.82, 2.24) is 15.0 Å². The summed E-state index contributed by atoms with van der Waals surface area (Å²) in [6, 6.07) is 0. The summed E-state index contributed by atoms with van der Waals surface area (Å²) in [5.41, 5.74) is 2.51. The molecule has 1 aliphatic heterocycles. The van der Waals surface area contributed by atoms with Crippen molar-refractivity contribution in [3.63, 3.8) is 0 Å². The van der Waals surface area contributed by atoms with Crippen LogP contribution in [0.1, 0.15) is 0 Å². The lowest BCUT2D eigenvalue weighted by Crippen LogP contribution is -2.18. The molecule has 0 bridgehead atoms. The highest BCUT2D eigenvalue weighted by Crippen LogP contribution is 2.14. The van der Waals surface area contributed by atoms with Gasteiger partial charge in [0.05, 0.1) is 0 Å². The van der Waals surface area contributed by atoms with Gasteiger partial charge in [0.15, 0.2) is 0 Å². The van der Waals surface area contributed by atoms with Gasteiger partial charge in [-0.2, -0.15) is 10.0 Å². The summed E-state index contributed by atoms with van der Waals surface area (Å²) >= 11 is 0. The molecule has 1 aliphatic rings. The number of allylic oxidation sites excluding steroid dienone is 2. The molecule has 1 N–H and O–H groups in total. The van der Waals surface area contributed by atoms with Gasteiger partial charge in [0, 0.05) is 6.08 Å².